The molecule has 0 saturated carbocycles. The van der Waals surface area contributed by atoms with Crippen molar-refractivity contribution >= 4 is 17.2 Å². The van der Waals surface area contributed by atoms with E-state index in [1.807, 2.05) is 17.5 Å². The van der Waals surface area contributed by atoms with Gasteiger partial charge in [-0.1, -0.05) is 17.3 Å². The van der Waals surface area contributed by atoms with Crippen molar-refractivity contribution < 1.29 is 13.6 Å². The van der Waals surface area contributed by atoms with E-state index in [1.165, 1.54) is 29.7 Å². The lowest BCUT2D eigenvalue weighted by molar-refractivity contribution is 0.127. The summed E-state index contributed by atoms with van der Waals surface area (Å²) in [5, 5.41) is 5.72. The van der Waals surface area contributed by atoms with Gasteiger partial charge >= 0.3 is 0 Å². The number of halogens is 1. The molecule has 2 heterocycles. The highest BCUT2D eigenvalue weighted by molar-refractivity contribution is 7.12. The molecule has 0 radical (unpaired) electrons. The van der Waals surface area contributed by atoms with Gasteiger partial charge in [0.05, 0.1) is 4.88 Å². The Morgan fingerprint density at radius 2 is 2.27 bits per heavy atom. The van der Waals surface area contributed by atoms with Gasteiger partial charge in [-0.25, -0.2) is 9.37 Å². The number of hydrogen-bond acceptors (Lipinski definition) is 5. The van der Waals surface area contributed by atoms with E-state index in [9.17, 15) is 4.39 Å². The second kappa shape index (κ2) is 6.40. The number of nitrogens with two attached hydrogens (primary N) is 1. The van der Waals surface area contributed by atoms with Crippen molar-refractivity contribution in [1.82, 2.24) is 4.98 Å². The molecule has 1 aromatic carbocycles. The number of oxazole rings is 1. The summed E-state index contributed by atoms with van der Waals surface area (Å²) in [6, 6.07) is 9.75. The second-order valence-electron chi connectivity index (χ2n) is 4.38. The van der Waals surface area contributed by atoms with Crippen LogP contribution in [0.25, 0.3) is 11.5 Å². The number of aromatic nitrogens is 1. The van der Waals surface area contributed by atoms with Crippen LogP contribution in [0.4, 0.5) is 4.39 Å². The van der Waals surface area contributed by atoms with Crippen LogP contribution < -0.4 is 5.73 Å². The van der Waals surface area contributed by atoms with E-state index in [1.54, 1.807) is 12.1 Å². The Labute approximate surface area is 129 Å². The Hall–Kier alpha value is -2.67. The first-order valence-electron chi connectivity index (χ1n) is 6.42. The van der Waals surface area contributed by atoms with Crippen LogP contribution in [0.3, 0.4) is 0 Å². The molecule has 3 aromatic rings. The topological polar surface area (TPSA) is 73.6 Å². The summed E-state index contributed by atoms with van der Waals surface area (Å²) >= 11 is 1.47. The fourth-order valence-corrected chi connectivity index (χ4v) is 2.38. The maximum atomic E-state index is 13.2. The average molecular weight is 317 g/mol. The maximum absolute atomic E-state index is 13.2. The van der Waals surface area contributed by atoms with E-state index in [2.05, 4.69) is 10.1 Å². The smallest absolute Gasteiger partial charge is 0.226 e. The number of amidine groups is 1. The molecule has 0 unspecified atom stereocenters. The third-order valence-corrected chi connectivity index (χ3v) is 3.66. The molecule has 2 aromatic heterocycles. The molecule has 3 rings (SSSR count). The van der Waals surface area contributed by atoms with E-state index in [4.69, 9.17) is 15.0 Å². The normalized spacial score (nSPS) is 11.6. The van der Waals surface area contributed by atoms with Gasteiger partial charge in [0.15, 0.2) is 12.4 Å². The van der Waals surface area contributed by atoms with Gasteiger partial charge in [-0.2, -0.15) is 0 Å². The molecule has 5 nitrogen and oxygen atoms in total. The molecule has 0 bridgehead atoms. The summed E-state index contributed by atoms with van der Waals surface area (Å²) in [7, 11) is 0. The second-order valence-corrected chi connectivity index (χ2v) is 5.33. The molecule has 112 valence electrons. The largest absolute Gasteiger partial charge is 0.444 e. The Kier molecular flexibility index (Phi) is 4.15. The minimum absolute atomic E-state index is 0.116. The van der Waals surface area contributed by atoms with E-state index in [0.717, 1.165) is 4.88 Å². The number of benzene rings is 1. The fraction of sp³-hybridized carbons (Fsp3) is 0.0667. The predicted octanol–water partition coefficient (Wildman–Crippen LogP) is 3.38. The van der Waals surface area contributed by atoms with E-state index in [0.29, 0.717) is 23.0 Å². The first-order valence-corrected chi connectivity index (χ1v) is 7.30. The van der Waals surface area contributed by atoms with E-state index in [-0.39, 0.29) is 12.4 Å². The lowest BCUT2D eigenvalue weighted by atomic mass is 10.2. The van der Waals surface area contributed by atoms with Gasteiger partial charge in [0, 0.05) is 5.56 Å². The zero-order chi connectivity index (χ0) is 15.4. The van der Waals surface area contributed by atoms with Crippen molar-refractivity contribution in [1.29, 1.82) is 0 Å². The molecular weight excluding hydrogens is 305 g/mol. The van der Waals surface area contributed by atoms with Gasteiger partial charge in [0.2, 0.25) is 5.89 Å². The van der Waals surface area contributed by atoms with Crippen LogP contribution in [0.2, 0.25) is 0 Å². The molecule has 0 atom stereocenters. The van der Waals surface area contributed by atoms with Gasteiger partial charge < -0.3 is 15.0 Å². The molecule has 0 aliphatic carbocycles. The Balaban J connectivity index is 1.64. The highest BCUT2D eigenvalue weighted by Crippen LogP contribution is 2.19. The van der Waals surface area contributed by atoms with Crippen molar-refractivity contribution in [2.75, 3.05) is 0 Å². The number of oxime groups is 1. The third kappa shape index (κ3) is 3.32. The zero-order valence-corrected chi connectivity index (χ0v) is 12.2. The predicted molar refractivity (Wildman–Crippen MR) is 81.7 cm³/mol. The summed E-state index contributed by atoms with van der Waals surface area (Å²) in [5.41, 5.74) is 6.87. The molecule has 22 heavy (non-hydrogen) atoms. The maximum Gasteiger partial charge on any atom is 0.226 e. The lowest BCUT2D eigenvalue weighted by Gasteiger charge is -1.97. The minimum Gasteiger partial charge on any atom is -0.444 e. The van der Waals surface area contributed by atoms with Crippen LogP contribution >= 0.6 is 11.3 Å². The number of rotatable bonds is 5. The van der Waals surface area contributed by atoms with Crippen molar-refractivity contribution in [3.05, 3.63) is 64.4 Å². The summed E-state index contributed by atoms with van der Waals surface area (Å²) < 4.78 is 18.5. The Morgan fingerprint density at radius 3 is 3.05 bits per heavy atom. The monoisotopic (exact) mass is 317 g/mol. The molecule has 0 fully saturated rings. The van der Waals surface area contributed by atoms with Gasteiger partial charge in [-0.3, -0.25) is 0 Å². The lowest BCUT2D eigenvalue weighted by Crippen LogP contribution is -2.11. The third-order valence-electron chi connectivity index (χ3n) is 2.77. The highest BCUT2D eigenvalue weighted by Gasteiger charge is 2.08. The molecule has 0 aliphatic rings. The van der Waals surface area contributed by atoms with Crippen molar-refractivity contribution in [3.8, 4) is 11.5 Å². The summed E-state index contributed by atoms with van der Waals surface area (Å²) in [5.74, 6) is 0.291. The van der Waals surface area contributed by atoms with Crippen LogP contribution in [-0.4, -0.2) is 10.8 Å². The van der Waals surface area contributed by atoms with Gasteiger partial charge in [0.1, 0.15) is 17.8 Å². The van der Waals surface area contributed by atoms with Gasteiger partial charge in [-0.05, 0) is 29.6 Å². The summed E-state index contributed by atoms with van der Waals surface area (Å²) in [6.45, 7) is 0.116. The van der Waals surface area contributed by atoms with Crippen molar-refractivity contribution in [2.24, 2.45) is 10.9 Å². The number of nitrogens with zero attached hydrogens (tertiary/aromatic N) is 2. The minimum atomic E-state index is -0.346. The zero-order valence-electron chi connectivity index (χ0n) is 11.4. The van der Waals surface area contributed by atoms with Gasteiger partial charge in [0.25, 0.3) is 0 Å². The van der Waals surface area contributed by atoms with Crippen LogP contribution in [0.1, 0.15) is 10.6 Å². The highest BCUT2D eigenvalue weighted by atomic mass is 32.1. The van der Waals surface area contributed by atoms with Crippen LogP contribution in [-0.2, 0) is 11.4 Å². The first kappa shape index (κ1) is 14.3. The molecular formula is C15H12FN3O2S. The van der Waals surface area contributed by atoms with Crippen molar-refractivity contribution in [2.45, 2.75) is 6.61 Å². The summed E-state index contributed by atoms with van der Waals surface area (Å²) in [4.78, 5) is 10.2. The molecule has 0 amide bonds. The SMILES string of the molecule is N/C(=N/OCc1coc(-c2cccc(F)c2)n1)c1cccs1. The summed E-state index contributed by atoms with van der Waals surface area (Å²) in [6.07, 6.45) is 1.44. The molecule has 2 N–H and O–H groups in total. The first-order chi connectivity index (χ1) is 10.7. The molecule has 7 heteroatoms. The van der Waals surface area contributed by atoms with Gasteiger partial charge in [-0.15, -0.1) is 11.3 Å². The Morgan fingerprint density at radius 1 is 1.36 bits per heavy atom. The number of thiophene rings is 1. The van der Waals surface area contributed by atoms with Crippen LogP contribution in [0.5, 0.6) is 0 Å². The quantitative estimate of drug-likeness (QED) is 0.445. The van der Waals surface area contributed by atoms with E-state index >= 15 is 0 Å². The Bertz CT molecular complexity index is 784. The molecule has 0 saturated heterocycles. The molecule has 0 aliphatic heterocycles. The van der Waals surface area contributed by atoms with Crippen LogP contribution in [0, 0.1) is 5.82 Å². The molecule has 0 spiro atoms. The average Bonchev–Trinajstić information content (AvgIpc) is 3.19. The number of hydrogen-bond donors (Lipinski definition) is 1. The standard InChI is InChI=1S/C15H12FN3O2S/c16-11-4-1-3-10(7-11)15-18-12(8-20-15)9-21-19-14(17)13-5-2-6-22-13/h1-8H,9H2,(H2,17,19). The van der Waals surface area contributed by atoms with Crippen molar-refractivity contribution in [3.63, 3.8) is 0 Å². The van der Waals surface area contributed by atoms with E-state index < -0.39 is 0 Å². The fourth-order valence-electron chi connectivity index (χ4n) is 1.76. The van der Waals surface area contributed by atoms with Crippen LogP contribution in [0.15, 0.2) is 57.6 Å².